The van der Waals surface area contributed by atoms with Crippen molar-refractivity contribution in [2.24, 2.45) is 5.73 Å². The molecule has 0 aliphatic carbocycles. The number of nitrogens with zero attached hydrogens (tertiary/aromatic N) is 1. The van der Waals surface area contributed by atoms with Gasteiger partial charge in [-0.2, -0.15) is 0 Å². The van der Waals surface area contributed by atoms with Gasteiger partial charge in [0.05, 0.1) is 12.6 Å². The van der Waals surface area contributed by atoms with Crippen LogP contribution >= 0.6 is 15.9 Å². The highest BCUT2D eigenvalue weighted by molar-refractivity contribution is 9.10. The Bertz CT molecular complexity index is 877. The molecule has 0 spiro atoms. The predicted octanol–water partition coefficient (Wildman–Crippen LogP) is 3.75. The summed E-state index contributed by atoms with van der Waals surface area (Å²) in [5.74, 6) is 0.281. The summed E-state index contributed by atoms with van der Waals surface area (Å²) in [6.45, 7) is 4.50. The zero-order chi connectivity index (χ0) is 20.3. The normalized spacial score (nSPS) is 13.8. The van der Waals surface area contributed by atoms with Gasteiger partial charge in [-0.1, -0.05) is 34.1 Å². The Labute approximate surface area is 172 Å². The Kier molecular flexibility index (Phi) is 6.36. The number of amides is 1. The molecule has 2 N–H and O–H groups in total. The lowest BCUT2D eigenvalue weighted by molar-refractivity contribution is -0.119. The summed E-state index contributed by atoms with van der Waals surface area (Å²) in [5.41, 5.74) is 10.2. The van der Waals surface area contributed by atoms with Crippen molar-refractivity contribution in [1.82, 2.24) is 0 Å². The first kappa shape index (κ1) is 20.4. The molecule has 3 rings (SSSR count). The second kappa shape index (κ2) is 8.75. The lowest BCUT2D eigenvalue weighted by atomic mass is 10.0. The van der Waals surface area contributed by atoms with E-state index in [0.29, 0.717) is 18.7 Å². The number of halogens is 1. The van der Waals surface area contributed by atoms with Crippen LogP contribution in [0.3, 0.4) is 0 Å². The van der Waals surface area contributed by atoms with Gasteiger partial charge in [0, 0.05) is 16.7 Å². The Hall–Kier alpha value is -2.38. The van der Waals surface area contributed by atoms with Crippen molar-refractivity contribution < 1.29 is 19.1 Å². The number of rotatable bonds is 5. The minimum atomic E-state index is -0.749. The second-order valence-corrected chi connectivity index (χ2v) is 7.52. The van der Waals surface area contributed by atoms with Gasteiger partial charge in [0.25, 0.3) is 0 Å². The average molecular weight is 447 g/mol. The number of nitrogens with two attached hydrogens (primary N) is 1. The Balaban J connectivity index is 1.73. The molecule has 28 heavy (non-hydrogen) atoms. The van der Waals surface area contributed by atoms with Gasteiger partial charge in [-0.25, -0.2) is 4.79 Å². The number of fused-ring (bicyclic) bond motifs is 1. The maximum absolute atomic E-state index is 12.9. The van der Waals surface area contributed by atoms with Crippen LogP contribution in [0.5, 0.6) is 5.75 Å². The molecule has 0 aromatic heterocycles. The number of anilines is 1. The van der Waals surface area contributed by atoms with Gasteiger partial charge in [0.2, 0.25) is 5.91 Å². The molecule has 1 atom stereocenters. The van der Waals surface area contributed by atoms with E-state index in [4.69, 9.17) is 15.2 Å². The van der Waals surface area contributed by atoms with E-state index in [0.717, 1.165) is 27.7 Å². The SMILES string of the molecule is CCOC(=O)Oc1cc(C)c(CC(N)C(=O)N2CCc3ccccc32)c(Br)c1. The highest BCUT2D eigenvalue weighted by Gasteiger charge is 2.28. The molecule has 0 radical (unpaired) electrons. The van der Waals surface area contributed by atoms with Gasteiger partial charge in [-0.05, 0) is 61.6 Å². The third kappa shape index (κ3) is 4.36. The molecule has 7 heteroatoms. The fraction of sp³-hybridized carbons (Fsp3) is 0.333. The summed E-state index contributed by atoms with van der Waals surface area (Å²) in [5, 5.41) is 0. The van der Waals surface area contributed by atoms with E-state index < -0.39 is 12.2 Å². The molecule has 1 amide bonds. The topological polar surface area (TPSA) is 81.9 Å². The molecule has 6 nitrogen and oxygen atoms in total. The molecule has 148 valence electrons. The highest BCUT2D eigenvalue weighted by Crippen LogP contribution is 2.30. The summed E-state index contributed by atoms with van der Waals surface area (Å²) in [6.07, 6.45) is 0.474. The smallest absolute Gasteiger partial charge is 0.434 e. The molecule has 0 saturated heterocycles. The predicted molar refractivity (Wildman–Crippen MR) is 111 cm³/mol. The zero-order valence-electron chi connectivity index (χ0n) is 15.9. The molecular weight excluding hydrogens is 424 g/mol. The van der Waals surface area contributed by atoms with Gasteiger partial charge >= 0.3 is 6.16 Å². The van der Waals surface area contributed by atoms with Crippen molar-refractivity contribution in [3.63, 3.8) is 0 Å². The first-order chi connectivity index (χ1) is 13.4. The van der Waals surface area contributed by atoms with E-state index in [2.05, 4.69) is 15.9 Å². The first-order valence-corrected chi connectivity index (χ1v) is 9.98. The van der Waals surface area contributed by atoms with Crippen LogP contribution in [0.25, 0.3) is 0 Å². The number of carbonyl (C=O) groups excluding carboxylic acids is 2. The third-order valence-electron chi connectivity index (χ3n) is 4.75. The van der Waals surface area contributed by atoms with Gasteiger partial charge < -0.3 is 20.1 Å². The Morgan fingerprint density at radius 2 is 2.04 bits per heavy atom. The number of carbonyl (C=O) groups is 2. The van der Waals surface area contributed by atoms with Crippen LogP contribution in [0.2, 0.25) is 0 Å². The molecule has 0 fully saturated rings. The fourth-order valence-electron chi connectivity index (χ4n) is 3.38. The summed E-state index contributed by atoms with van der Waals surface area (Å²) < 4.78 is 10.7. The van der Waals surface area contributed by atoms with Crippen molar-refractivity contribution in [1.29, 1.82) is 0 Å². The number of hydrogen-bond donors (Lipinski definition) is 1. The molecule has 0 bridgehead atoms. The summed E-state index contributed by atoms with van der Waals surface area (Å²) in [7, 11) is 0. The minimum absolute atomic E-state index is 0.0944. The number of ether oxygens (including phenoxy) is 2. The van der Waals surface area contributed by atoms with Gasteiger partial charge in [0.1, 0.15) is 5.75 Å². The van der Waals surface area contributed by atoms with Crippen LogP contribution in [0.15, 0.2) is 40.9 Å². The third-order valence-corrected chi connectivity index (χ3v) is 5.46. The van der Waals surface area contributed by atoms with Crippen LogP contribution in [-0.2, 0) is 22.4 Å². The highest BCUT2D eigenvalue weighted by atomic mass is 79.9. The van der Waals surface area contributed by atoms with E-state index in [9.17, 15) is 9.59 Å². The quantitative estimate of drug-likeness (QED) is 0.558. The van der Waals surface area contributed by atoms with E-state index in [1.54, 1.807) is 24.0 Å². The Morgan fingerprint density at radius 1 is 1.29 bits per heavy atom. The first-order valence-electron chi connectivity index (χ1n) is 9.19. The maximum Gasteiger partial charge on any atom is 0.513 e. The van der Waals surface area contributed by atoms with Crippen LogP contribution < -0.4 is 15.4 Å². The molecular formula is C21H23BrN2O4. The average Bonchev–Trinajstić information content (AvgIpc) is 3.08. The number of benzene rings is 2. The number of aryl methyl sites for hydroxylation is 1. The van der Waals surface area contributed by atoms with Crippen LogP contribution in [0.1, 0.15) is 23.6 Å². The van der Waals surface area contributed by atoms with Crippen molar-refractivity contribution in [2.75, 3.05) is 18.1 Å². The minimum Gasteiger partial charge on any atom is -0.434 e. The monoisotopic (exact) mass is 446 g/mol. The Morgan fingerprint density at radius 3 is 2.75 bits per heavy atom. The van der Waals surface area contributed by atoms with E-state index in [1.807, 2.05) is 31.2 Å². The lowest BCUT2D eigenvalue weighted by Gasteiger charge is -2.22. The molecule has 1 unspecified atom stereocenters. The van der Waals surface area contributed by atoms with Crippen molar-refractivity contribution in [3.05, 3.63) is 57.6 Å². The van der Waals surface area contributed by atoms with Crippen molar-refractivity contribution in [2.45, 2.75) is 32.7 Å². The second-order valence-electron chi connectivity index (χ2n) is 6.66. The van der Waals surface area contributed by atoms with E-state index in [1.165, 1.54) is 5.56 Å². The standard InChI is InChI=1S/C21H23BrN2O4/c1-3-27-21(26)28-15-10-13(2)16(17(22)11-15)12-18(23)20(25)24-9-8-14-6-4-5-7-19(14)24/h4-7,10-11,18H,3,8-9,12,23H2,1-2H3. The number of para-hydroxylation sites is 1. The van der Waals surface area contributed by atoms with E-state index >= 15 is 0 Å². The summed E-state index contributed by atoms with van der Waals surface area (Å²) in [4.78, 5) is 26.2. The van der Waals surface area contributed by atoms with Crippen molar-refractivity contribution in [3.8, 4) is 5.75 Å². The largest absolute Gasteiger partial charge is 0.513 e. The molecule has 1 aliphatic heterocycles. The van der Waals surface area contributed by atoms with Crippen LogP contribution in [0.4, 0.5) is 10.5 Å². The van der Waals surface area contributed by atoms with Gasteiger partial charge in [-0.3, -0.25) is 4.79 Å². The summed E-state index contributed by atoms with van der Waals surface area (Å²) >= 11 is 3.50. The summed E-state index contributed by atoms with van der Waals surface area (Å²) in [6, 6.07) is 10.7. The van der Waals surface area contributed by atoms with Gasteiger partial charge in [-0.15, -0.1) is 0 Å². The van der Waals surface area contributed by atoms with Crippen LogP contribution in [0, 0.1) is 6.92 Å². The molecule has 1 heterocycles. The van der Waals surface area contributed by atoms with Crippen molar-refractivity contribution >= 4 is 33.7 Å². The molecule has 0 saturated carbocycles. The van der Waals surface area contributed by atoms with Gasteiger partial charge in [0.15, 0.2) is 0 Å². The maximum atomic E-state index is 12.9. The van der Waals surface area contributed by atoms with Crippen LogP contribution in [-0.4, -0.2) is 31.3 Å². The molecule has 1 aliphatic rings. The van der Waals surface area contributed by atoms with E-state index in [-0.39, 0.29) is 12.5 Å². The molecule has 2 aromatic rings. The molecule has 2 aromatic carbocycles. The fourth-order valence-corrected chi connectivity index (χ4v) is 4.08. The zero-order valence-corrected chi connectivity index (χ0v) is 17.5. The lowest BCUT2D eigenvalue weighted by Crippen LogP contribution is -2.44. The number of hydrogen-bond acceptors (Lipinski definition) is 5.